The molecular weight excluding hydrogens is 252 g/mol. The van der Waals surface area contributed by atoms with Gasteiger partial charge in [-0.1, -0.05) is 42.5 Å². The lowest BCUT2D eigenvalue weighted by atomic mass is 10.2. The van der Waals surface area contributed by atoms with Crippen LogP contribution in [-0.4, -0.2) is 24.7 Å². The van der Waals surface area contributed by atoms with Gasteiger partial charge in [-0.15, -0.1) is 0 Å². The summed E-state index contributed by atoms with van der Waals surface area (Å²) in [5, 5.41) is 8.21. The predicted molar refractivity (Wildman–Crippen MR) is 72.0 cm³/mol. The molecule has 0 bridgehead atoms. The van der Waals surface area contributed by atoms with Gasteiger partial charge in [-0.25, -0.2) is 0 Å². The molecule has 0 fully saturated rings. The van der Waals surface area contributed by atoms with E-state index >= 15 is 0 Å². The van der Waals surface area contributed by atoms with Crippen LogP contribution in [0.4, 0.5) is 0 Å². The average Bonchev–Trinajstić information content (AvgIpc) is 2.30. The Hall–Kier alpha value is -1.43. The highest BCUT2D eigenvalue weighted by Crippen LogP contribution is 2.08. The van der Waals surface area contributed by atoms with Crippen molar-refractivity contribution in [1.29, 1.82) is 0 Å². The average molecular weight is 270 g/mol. The Balaban J connectivity index is 0.000000360. The van der Waals surface area contributed by atoms with Crippen LogP contribution in [0.2, 0.25) is 0 Å². The molecule has 1 aromatic rings. The summed E-state index contributed by atoms with van der Waals surface area (Å²) in [6, 6.07) is 5.99. The second-order valence-corrected chi connectivity index (χ2v) is 4.89. The van der Waals surface area contributed by atoms with Crippen LogP contribution in [0.1, 0.15) is 12.0 Å². The third-order valence-corrected chi connectivity index (χ3v) is 2.75. The molecule has 0 aliphatic carbocycles. The van der Waals surface area contributed by atoms with Gasteiger partial charge in [0.2, 0.25) is 0 Å². The first-order valence-electron chi connectivity index (χ1n) is 5.34. The van der Waals surface area contributed by atoms with Gasteiger partial charge >= 0.3 is 0 Å². The zero-order valence-electron chi connectivity index (χ0n) is 10.3. The van der Waals surface area contributed by atoms with Crippen molar-refractivity contribution in [3.63, 3.8) is 0 Å². The highest BCUT2D eigenvalue weighted by Gasteiger charge is 2.06. The van der Waals surface area contributed by atoms with Gasteiger partial charge in [0.05, 0.1) is 4.90 Å². The van der Waals surface area contributed by atoms with E-state index in [1.54, 1.807) is 18.2 Å². The molecule has 4 nitrogen and oxygen atoms in total. The van der Waals surface area contributed by atoms with Crippen LogP contribution in [0, 0.1) is 6.92 Å². The molecule has 2 N–H and O–H groups in total. The second-order valence-electron chi connectivity index (χ2n) is 3.46. The molecule has 0 saturated carbocycles. The van der Waals surface area contributed by atoms with Crippen LogP contribution < -0.4 is 0 Å². The summed E-state index contributed by atoms with van der Waals surface area (Å²) < 4.78 is 29.6. The lowest BCUT2D eigenvalue weighted by Crippen LogP contribution is -1.96. The zero-order chi connectivity index (χ0) is 14.0. The number of benzene rings is 1. The van der Waals surface area contributed by atoms with Crippen LogP contribution in [0.15, 0.2) is 54.0 Å². The van der Waals surface area contributed by atoms with Crippen molar-refractivity contribution < 1.29 is 18.1 Å². The first-order valence-corrected chi connectivity index (χ1v) is 6.78. The molecule has 5 heteroatoms. The van der Waals surface area contributed by atoms with Crippen molar-refractivity contribution in [2.75, 3.05) is 6.61 Å². The minimum absolute atomic E-state index is 0.0666. The van der Waals surface area contributed by atoms with Crippen LogP contribution in [0.25, 0.3) is 0 Å². The molecule has 0 unspecified atom stereocenters. The van der Waals surface area contributed by atoms with Crippen LogP contribution in [0.3, 0.4) is 0 Å². The van der Waals surface area contributed by atoms with E-state index in [-0.39, 0.29) is 11.5 Å². The van der Waals surface area contributed by atoms with E-state index in [9.17, 15) is 8.42 Å². The minimum Gasteiger partial charge on any atom is -0.396 e. The summed E-state index contributed by atoms with van der Waals surface area (Å²) in [4.78, 5) is -0.0666. The number of hydrogen-bond acceptors (Lipinski definition) is 3. The fourth-order valence-electron chi connectivity index (χ4n) is 0.977. The number of allylic oxidation sites excluding steroid dienone is 2. The quantitative estimate of drug-likeness (QED) is 0.650. The van der Waals surface area contributed by atoms with Crippen molar-refractivity contribution in [3.8, 4) is 0 Å². The number of aliphatic hydroxyl groups is 1. The largest absolute Gasteiger partial charge is 0.396 e. The molecular formula is C13H18O4S. The summed E-state index contributed by atoms with van der Waals surface area (Å²) in [5.74, 6) is 0. The minimum atomic E-state index is -4.02. The lowest BCUT2D eigenvalue weighted by molar-refractivity contribution is 0.302. The zero-order valence-corrected chi connectivity index (χ0v) is 11.1. The normalized spacial score (nSPS) is 10.8. The summed E-state index contributed by atoms with van der Waals surface area (Å²) in [6.45, 7) is 5.53. The van der Waals surface area contributed by atoms with E-state index in [4.69, 9.17) is 9.66 Å². The number of rotatable bonds is 4. The molecule has 1 aromatic carbocycles. The smallest absolute Gasteiger partial charge is 0.294 e. The monoisotopic (exact) mass is 270 g/mol. The van der Waals surface area contributed by atoms with Gasteiger partial charge in [0.1, 0.15) is 0 Å². The Morgan fingerprint density at radius 2 is 1.83 bits per heavy atom. The van der Waals surface area contributed by atoms with Gasteiger partial charge in [-0.2, -0.15) is 8.42 Å². The van der Waals surface area contributed by atoms with E-state index in [2.05, 4.69) is 6.58 Å². The molecule has 18 heavy (non-hydrogen) atoms. The second kappa shape index (κ2) is 8.63. The van der Waals surface area contributed by atoms with E-state index in [1.807, 2.05) is 19.1 Å². The fourth-order valence-corrected chi connectivity index (χ4v) is 1.46. The molecule has 0 atom stereocenters. The van der Waals surface area contributed by atoms with E-state index in [0.29, 0.717) is 0 Å². The molecule has 0 spiro atoms. The molecule has 0 aliphatic rings. The van der Waals surface area contributed by atoms with E-state index in [1.165, 1.54) is 12.1 Å². The summed E-state index contributed by atoms with van der Waals surface area (Å²) in [5.41, 5.74) is 0.956. The molecule has 0 saturated heterocycles. The van der Waals surface area contributed by atoms with Crippen molar-refractivity contribution in [2.24, 2.45) is 0 Å². The Labute approximate surface area is 108 Å². The van der Waals surface area contributed by atoms with Gasteiger partial charge in [0.15, 0.2) is 0 Å². The van der Waals surface area contributed by atoms with Crippen molar-refractivity contribution >= 4 is 10.1 Å². The molecule has 0 radical (unpaired) electrons. The van der Waals surface area contributed by atoms with Crippen molar-refractivity contribution in [2.45, 2.75) is 18.2 Å². The Kier molecular flexibility index (Phi) is 7.94. The Morgan fingerprint density at radius 3 is 2.22 bits per heavy atom. The SMILES string of the molecule is C=CC=CCCO.Cc1ccc(S(=O)(=O)O)cc1. The maximum atomic E-state index is 10.5. The van der Waals surface area contributed by atoms with Gasteiger partial charge in [0, 0.05) is 6.61 Å². The molecule has 0 heterocycles. The van der Waals surface area contributed by atoms with Gasteiger partial charge in [-0.05, 0) is 25.5 Å². The van der Waals surface area contributed by atoms with Gasteiger partial charge in [0.25, 0.3) is 10.1 Å². The predicted octanol–water partition coefficient (Wildman–Crippen LogP) is 2.35. The maximum Gasteiger partial charge on any atom is 0.294 e. The Morgan fingerprint density at radius 1 is 1.28 bits per heavy atom. The number of aliphatic hydroxyl groups excluding tert-OH is 1. The first-order chi connectivity index (χ1) is 8.41. The first kappa shape index (κ1) is 16.6. The Bertz CT molecular complexity index is 472. The molecule has 100 valence electrons. The molecule has 1 rings (SSSR count). The van der Waals surface area contributed by atoms with Gasteiger partial charge < -0.3 is 5.11 Å². The number of aryl methyl sites for hydroxylation is 1. The van der Waals surface area contributed by atoms with E-state index < -0.39 is 10.1 Å². The molecule has 0 aliphatic heterocycles. The summed E-state index contributed by atoms with van der Waals surface area (Å²) in [7, 11) is -4.02. The molecule has 0 amide bonds. The third kappa shape index (κ3) is 7.78. The standard InChI is InChI=1S/C7H8O3S.C6H10O/c1-6-2-4-7(5-3-6)11(8,9)10;1-2-3-4-5-6-7/h2-5H,1H3,(H,8,9,10);2-4,7H,1,5-6H2. The highest BCUT2D eigenvalue weighted by atomic mass is 32.2. The highest BCUT2D eigenvalue weighted by molar-refractivity contribution is 7.85. The maximum absolute atomic E-state index is 10.5. The fraction of sp³-hybridized carbons (Fsp3) is 0.231. The lowest BCUT2D eigenvalue weighted by Gasteiger charge is -1.95. The topological polar surface area (TPSA) is 74.6 Å². The summed E-state index contributed by atoms with van der Waals surface area (Å²) in [6.07, 6.45) is 6.10. The van der Waals surface area contributed by atoms with Crippen molar-refractivity contribution in [1.82, 2.24) is 0 Å². The third-order valence-electron chi connectivity index (χ3n) is 1.89. The van der Waals surface area contributed by atoms with Crippen LogP contribution in [0.5, 0.6) is 0 Å². The van der Waals surface area contributed by atoms with Gasteiger partial charge in [-0.3, -0.25) is 4.55 Å². The van der Waals surface area contributed by atoms with Crippen LogP contribution >= 0.6 is 0 Å². The van der Waals surface area contributed by atoms with E-state index in [0.717, 1.165) is 12.0 Å². The number of hydrogen-bond donors (Lipinski definition) is 2. The van der Waals surface area contributed by atoms with Crippen LogP contribution in [-0.2, 0) is 10.1 Å². The molecule has 0 aromatic heterocycles. The summed E-state index contributed by atoms with van der Waals surface area (Å²) >= 11 is 0. The van der Waals surface area contributed by atoms with Crippen molar-refractivity contribution in [3.05, 3.63) is 54.6 Å².